The molecule has 1 rings (SSSR count). The van der Waals surface area contributed by atoms with Crippen LogP contribution in [0.3, 0.4) is 0 Å². The van der Waals surface area contributed by atoms with Crippen molar-refractivity contribution in [1.29, 1.82) is 0 Å². The van der Waals surface area contributed by atoms with Crippen molar-refractivity contribution in [1.82, 2.24) is 0 Å². The molecule has 0 unspecified atom stereocenters. The maximum Gasteiger partial charge on any atom is 0.0857 e. The fourth-order valence-electron chi connectivity index (χ4n) is 0.699. The molecule has 0 bridgehead atoms. The lowest BCUT2D eigenvalue weighted by molar-refractivity contribution is -0.753. The van der Waals surface area contributed by atoms with Gasteiger partial charge in [-0.15, -0.1) is 0 Å². The SMILES string of the molecule is OOOOOOCCC1CC1. The van der Waals surface area contributed by atoms with Gasteiger partial charge in [-0.1, -0.05) is 12.8 Å². The normalized spacial score (nSPS) is 17.2. The van der Waals surface area contributed by atoms with Crippen LogP contribution < -0.4 is 0 Å². The van der Waals surface area contributed by atoms with E-state index >= 15 is 0 Å². The molecule has 11 heavy (non-hydrogen) atoms. The van der Waals surface area contributed by atoms with Gasteiger partial charge < -0.3 is 0 Å². The van der Waals surface area contributed by atoms with Crippen LogP contribution in [0.4, 0.5) is 0 Å². The number of hydrogen-bond acceptors (Lipinski definition) is 6. The molecule has 0 aromatic carbocycles. The summed E-state index contributed by atoms with van der Waals surface area (Å²) in [5, 5.41) is 21.7. The highest BCUT2D eigenvalue weighted by Gasteiger charge is 2.20. The van der Waals surface area contributed by atoms with Crippen LogP contribution in [0.2, 0.25) is 0 Å². The molecule has 1 aliphatic carbocycles. The zero-order valence-electron chi connectivity index (χ0n) is 5.89. The molecular formula is C5H10O6. The Labute approximate surface area is 63.2 Å². The molecule has 1 fully saturated rings. The average Bonchev–Trinajstić information content (AvgIpc) is 2.80. The van der Waals surface area contributed by atoms with Crippen molar-refractivity contribution in [2.45, 2.75) is 19.3 Å². The summed E-state index contributed by atoms with van der Waals surface area (Å²) in [6.07, 6.45) is 3.48. The average molecular weight is 166 g/mol. The van der Waals surface area contributed by atoms with E-state index in [9.17, 15) is 0 Å². The lowest BCUT2D eigenvalue weighted by atomic mass is 10.3. The van der Waals surface area contributed by atoms with Crippen molar-refractivity contribution < 1.29 is 30.3 Å². The Hall–Kier alpha value is -0.240. The molecule has 0 heterocycles. The van der Waals surface area contributed by atoms with E-state index in [1.54, 1.807) is 0 Å². The Morgan fingerprint density at radius 1 is 1.18 bits per heavy atom. The van der Waals surface area contributed by atoms with Crippen molar-refractivity contribution in [2.24, 2.45) is 5.92 Å². The van der Waals surface area contributed by atoms with Crippen LogP contribution in [-0.2, 0) is 25.0 Å². The molecular weight excluding hydrogens is 156 g/mol. The quantitative estimate of drug-likeness (QED) is 0.345. The predicted molar refractivity (Wildman–Crippen MR) is 30.3 cm³/mol. The predicted octanol–water partition coefficient (Wildman–Crippen LogP) is 1.00. The van der Waals surface area contributed by atoms with Crippen molar-refractivity contribution in [2.75, 3.05) is 6.61 Å². The maximum atomic E-state index is 7.54. The summed E-state index contributed by atoms with van der Waals surface area (Å²) < 4.78 is 0. The van der Waals surface area contributed by atoms with Crippen molar-refractivity contribution in [3.63, 3.8) is 0 Å². The van der Waals surface area contributed by atoms with Gasteiger partial charge in [-0.05, 0) is 32.5 Å². The second-order valence-corrected chi connectivity index (χ2v) is 2.33. The molecule has 0 aromatic heterocycles. The summed E-state index contributed by atoms with van der Waals surface area (Å²) in [5.74, 6) is 0.772. The van der Waals surface area contributed by atoms with Gasteiger partial charge in [0.25, 0.3) is 0 Å². The van der Waals surface area contributed by atoms with Crippen LogP contribution in [0, 0.1) is 5.92 Å². The Morgan fingerprint density at radius 2 is 2.00 bits per heavy atom. The number of hydrogen-bond donors (Lipinski definition) is 1. The third kappa shape index (κ3) is 5.08. The first-order valence-corrected chi connectivity index (χ1v) is 3.36. The lowest BCUT2D eigenvalue weighted by Gasteiger charge is -1.97. The Balaban J connectivity index is 1.66. The largest absolute Gasteiger partial charge is 0.219 e. The van der Waals surface area contributed by atoms with Gasteiger partial charge in [0.1, 0.15) is 0 Å². The van der Waals surface area contributed by atoms with Crippen LogP contribution >= 0.6 is 0 Å². The highest BCUT2D eigenvalue weighted by Crippen LogP contribution is 2.32. The summed E-state index contributed by atoms with van der Waals surface area (Å²) in [6, 6.07) is 0. The molecule has 0 amide bonds. The van der Waals surface area contributed by atoms with Crippen LogP contribution in [0.1, 0.15) is 19.3 Å². The molecule has 1 aliphatic rings. The third-order valence-corrected chi connectivity index (χ3v) is 1.44. The monoisotopic (exact) mass is 166 g/mol. The van der Waals surface area contributed by atoms with Gasteiger partial charge in [-0.25, -0.2) is 10.1 Å². The molecule has 0 aromatic rings. The van der Waals surface area contributed by atoms with Gasteiger partial charge in [0, 0.05) is 0 Å². The lowest BCUT2D eigenvalue weighted by Crippen LogP contribution is -1.99. The van der Waals surface area contributed by atoms with Crippen molar-refractivity contribution in [3.8, 4) is 0 Å². The van der Waals surface area contributed by atoms with Gasteiger partial charge in [0.15, 0.2) is 0 Å². The Kier molecular flexibility index (Phi) is 4.36. The van der Waals surface area contributed by atoms with Gasteiger partial charge >= 0.3 is 0 Å². The minimum Gasteiger partial charge on any atom is -0.219 e. The zero-order valence-corrected chi connectivity index (χ0v) is 5.89. The fourth-order valence-corrected chi connectivity index (χ4v) is 0.699. The van der Waals surface area contributed by atoms with Gasteiger partial charge in [0.2, 0.25) is 0 Å². The van der Waals surface area contributed by atoms with Crippen molar-refractivity contribution in [3.05, 3.63) is 0 Å². The first-order chi connectivity index (χ1) is 5.43. The highest BCUT2D eigenvalue weighted by molar-refractivity contribution is 4.71. The Morgan fingerprint density at radius 3 is 2.64 bits per heavy atom. The second-order valence-electron chi connectivity index (χ2n) is 2.33. The molecule has 0 radical (unpaired) electrons. The van der Waals surface area contributed by atoms with Crippen LogP contribution in [0.5, 0.6) is 0 Å². The first-order valence-electron chi connectivity index (χ1n) is 3.36. The molecule has 0 atom stereocenters. The highest BCUT2D eigenvalue weighted by atomic mass is 17.8. The molecule has 0 aliphatic heterocycles. The van der Waals surface area contributed by atoms with Crippen LogP contribution in [-0.4, -0.2) is 11.9 Å². The summed E-state index contributed by atoms with van der Waals surface area (Å²) in [4.78, 5) is 4.45. The second kappa shape index (κ2) is 5.42. The first kappa shape index (κ1) is 8.85. The van der Waals surface area contributed by atoms with E-state index in [-0.39, 0.29) is 0 Å². The van der Waals surface area contributed by atoms with Crippen molar-refractivity contribution >= 4 is 0 Å². The maximum absolute atomic E-state index is 7.54. The van der Waals surface area contributed by atoms with Crippen LogP contribution in [0.25, 0.3) is 0 Å². The molecule has 6 heteroatoms. The van der Waals surface area contributed by atoms with E-state index in [2.05, 4.69) is 25.0 Å². The number of rotatable bonds is 7. The standard InChI is InChI=1S/C5H10O6/c6-8-10-11-9-7-4-3-5-1-2-5/h5-6H,1-4H2. The fraction of sp³-hybridized carbons (Fsp3) is 1.00. The summed E-state index contributed by atoms with van der Waals surface area (Å²) in [6.45, 7) is 0.444. The summed E-state index contributed by atoms with van der Waals surface area (Å²) >= 11 is 0. The van der Waals surface area contributed by atoms with E-state index < -0.39 is 0 Å². The molecule has 6 nitrogen and oxygen atoms in total. The van der Waals surface area contributed by atoms with Gasteiger partial charge in [-0.3, -0.25) is 0 Å². The van der Waals surface area contributed by atoms with Gasteiger partial charge in [-0.2, -0.15) is 0 Å². The minimum atomic E-state index is 0.444. The van der Waals surface area contributed by atoms with E-state index in [1.165, 1.54) is 12.8 Å². The van der Waals surface area contributed by atoms with Gasteiger partial charge in [0.05, 0.1) is 6.61 Å². The summed E-state index contributed by atoms with van der Waals surface area (Å²) in [5.41, 5.74) is 0. The molecule has 0 spiro atoms. The zero-order chi connectivity index (χ0) is 7.94. The molecule has 0 saturated heterocycles. The van der Waals surface area contributed by atoms with E-state index in [4.69, 9.17) is 5.26 Å². The molecule has 1 N–H and O–H groups in total. The van der Waals surface area contributed by atoms with E-state index in [0.29, 0.717) is 6.61 Å². The smallest absolute Gasteiger partial charge is 0.0857 e. The third-order valence-electron chi connectivity index (χ3n) is 1.44. The van der Waals surface area contributed by atoms with E-state index in [0.717, 1.165) is 12.3 Å². The Bertz CT molecular complexity index is 93.0. The molecule has 66 valence electrons. The van der Waals surface area contributed by atoms with Crippen LogP contribution in [0.15, 0.2) is 0 Å². The minimum absolute atomic E-state index is 0.444. The topological polar surface area (TPSA) is 66.4 Å². The van der Waals surface area contributed by atoms with E-state index in [1.807, 2.05) is 0 Å². The summed E-state index contributed by atoms with van der Waals surface area (Å²) in [7, 11) is 0. The molecule has 1 saturated carbocycles.